The molecule has 0 atom stereocenters. The number of fused-ring (bicyclic) bond motifs is 1. The Hall–Kier alpha value is -3.48. The van der Waals surface area contributed by atoms with E-state index < -0.39 is 5.91 Å². The number of hydrogen-bond acceptors (Lipinski definition) is 4. The number of anilines is 1. The smallest absolute Gasteiger partial charge is 0.261 e. The van der Waals surface area contributed by atoms with Crippen molar-refractivity contribution >= 4 is 29.3 Å². The molecule has 7 nitrogen and oxygen atoms in total. The van der Waals surface area contributed by atoms with Crippen LogP contribution >= 0.6 is 0 Å². The summed E-state index contributed by atoms with van der Waals surface area (Å²) >= 11 is 0. The summed E-state index contributed by atoms with van der Waals surface area (Å²) in [6.45, 7) is 5.66. The highest BCUT2D eigenvalue weighted by Gasteiger charge is 2.32. The van der Waals surface area contributed by atoms with Crippen LogP contribution in [0.4, 0.5) is 5.69 Å². The summed E-state index contributed by atoms with van der Waals surface area (Å²) in [5, 5.41) is 5.56. The minimum Gasteiger partial charge on any atom is -0.347 e. The molecule has 2 N–H and O–H groups in total. The number of imide groups is 1. The molecule has 0 saturated carbocycles. The number of rotatable bonds is 3. The minimum absolute atomic E-state index is 0.217. The first-order valence-corrected chi connectivity index (χ1v) is 8.77. The maximum atomic E-state index is 12.5. The van der Waals surface area contributed by atoms with Crippen LogP contribution < -0.4 is 10.6 Å². The number of nitrogens with zero attached hydrogens (tertiary/aromatic N) is 1. The van der Waals surface area contributed by atoms with E-state index in [0.29, 0.717) is 22.4 Å². The zero-order chi connectivity index (χ0) is 20.6. The molecule has 0 aliphatic carbocycles. The first-order chi connectivity index (χ1) is 13.1. The lowest BCUT2D eigenvalue weighted by Gasteiger charge is -2.20. The van der Waals surface area contributed by atoms with Crippen molar-refractivity contribution in [2.75, 3.05) is 12.4 Å². The zero-order valence-corrected chi connectivity index (χ0v) is 16.1. The van der Waals surface area contributed by atoms with Gasteiger partial charge in [-0.2, -0.15) is 0 Å². The number of hydrogen-bond donors (Lipinski definition) is 2. The number of nitrogens with one attached hydrogen (secondary N) is 2. The molecule has 7 heteroatoms. The topological polar surface area (TPSA) is 95.6 Å². The molecule has 1 aliphatic heterocycles. The number of benzene rings is 2. The molecule has 2 aromatic rings. The van der Waals surface area contributed by atoms with Gasteiger partial charge in [0, 0.05) is 29.4 Å². The van der Waals surface area contributed by atoms with Crippen molar-refractivity contribution in [2.24, 2.45) is 0 Å². The second-order valence-electron chi connectivity index (χ2n) is 7.67. The van der Waals surface area contributed by atoms with Gasteiger partial charge in [0.2, 0.25) is 0 Å². The summed E-state index contributed by atoms with van der Waals surface area (Å²) in [5.41, 5.74) is 1.46. The van der Waals surface area contributed by atoms with E-state index in [2.05, 4.69) is 10.6 Å². The van der Waals surface area contributed by atoms with Crippen molar-refractivity contribution in [3.8, 4) is 0 Å². The maximum absolute atomic E-state index is 12.5. The van der Waals surface area contributed by atoms with Gasteiger partial charge in [-0.1, -0.05) is 0 Å². The summed E-state index contributed by atoms with van der Waals surface area (Å²) < 4.78 is 0. The Kier molecular flexibility index (Phi) is 4.77. The van der Waals surface area contributed by atoms with E-state index in [-0.39, 0.29) is 28.8 Å². The van der Waals surface area contributed by atoms with E-state index >= 15 is 0 Å². The van der Waals surface area contributed by atoms with Crippen molar-refractivity contribution in [1.82, 2.24) is 10.2 Å². The van der Waals surface area contributed by atoms with Crippen molar-refractivity contribution in [1.29, 1.82) is 0 Å². The average Bonchev–Trinajstić information content (AvgIpc) is 2.84. The Bertz CT molecular complexity index is 988. The van der Waals surface area contributed by atoms with E-state index in [0.717, 1.165) is 4.90 Å². The fraction of sp³-hybridized carbons (Fsp3) is 0.238. The van der Waals surface area contributed by atoms with E-state index in [9.17, 15) is 19.2 Å². The van der Waals surface area contributed by atoms with Crippen LogP contribution in [0.5, 0.6) is 0 Å². The molecule has 1 aliphatic rings. The third kappa shape index (κ3) is 3.78. The first-order valence-electron chi connectivity index (χ1n) is 8.77. The normalized spacial score (nSPS) is 13.4. The SMILES string of the molecule is CN1C(=O)c2ccc(NC(=O)c3ccc(C(=O)NC(C)(C)C)cc3)cc2C1=O. The van der Waals surface area contributed by atoms with Gasteiger partial charge in [-0.3, -0.25) is 24.1 Å². The Morgan fingerprint density at radius 1 is 0.821 bits per heavy atom. The minimum atomic E-state index is -0.398. The predicted octanol–water partition coefficient (Wildman–Crippen LogP) is 2.69. The van der Waals surface area contributed by atoms with Crippen LogP contribution in [0.2, 0.25) is 0 Å². The Balaban J connectivity index is 1.73. The van der Waals surface area contributed by atoms with Gasteiger partial charge in [0.15, 0.2) is 0 Å². The fourth-order valence-corrected chi connectivity index (χ4v) is 2.83. The molecule has 0 radical (unpaired) electrons. The molecule has 4 amide bonds. The van der Waals surface area contributed by atoms with Crippen molar-refractivity contribution in [3.63, 3.8) is 0 Å². The molecular formula is C21H21N3O4. The Morgan fingerprint density at radius 3 is 1.93 bits per heavy atom. The number of carbonyl (C=O) groups excluding carboxylic acids is 4. The molecule has 0 saturated heterocycles. The van der Waals surface area contributed by atoms with E-state index in [4.69, 9.17) is 0 Å². The van der Waals surface area contributed by atoms with Gasteiger partial charge in [0.1, 0.15) is 0 Å². The third-order valence-electron chi connectivity index (χ3n) is 4.25. The van der Waals surface area contributed by atoms with Gasteiger partial charge in [-0.05, 0) is 63.2 Å². The van der Waals surface area contributed by atoms with Crippen molar-refractivity contribution in [2.45, 2.75) is 26.3 Å². The molecule has 2 aromatic carbocycles. The lowest BCUT2D eigenvalue weighted by atomic mass is 10.1. The summed E-state index contributed by atoms with van der Waals surface area (Å²) in [6, 6.07) is 10.9. The van der Waals surface area contributed by atoms with Gasteiger partial charge in [0.25, 0.3) is 23.6 Å². The maximum Gasteiger partial charge on any atom is 0.261 e. The molecule has 3 rings (SSSR count). The van der Waals surface area contributed by atoms with Crippen LogP contribution in [0.25, 0.3) is 0 Å². The van der Waals surface area contributed by atoms with Crippen molar-refractivity contribution in [3.05, 3.63) is 64.7 Å². The Labute approximate surface area is 162 Å². The van der Waals surface area contributed by atoms with Crippen molar-refractivity contribution < 1.29 is 19.2 Å². The van der Waals surface area contributed by atoms with Crippen LogP contribution in [0.3, 0.4) is 0 Å². The lowest BCUT2D eigenvalue weighted by Crippen LogP contribution is -2.40. The molecule has 144 valence electrons. The summed E-state index contributed by atoms with van der Waals surface area (Å²) in [5.74, 6) is -1.36. The van der Waals surface area contributed by atoms with Crippen LogP contribution in [-0.4, -0.2) is 41.1 Å². The highest BCUT2D eigenvalue weighted by atomic mass is 16.2. The summed E-state index contributed by atoms with van der Waals surface area (Å²) in [6.07, 6.45) is 0. The van der Waals surface area contributed by atoms with Gasteiger partial charge < -0.3 is 10.6 Å². The van der Waals surface area contributed by atoms with Gasteiger partial charge in [0.05, 0.1) is 11.1 Å². The van der Waals surface area contributed by atoms with Crippen LogP contribution in [-0.2, 0) is 0 Å². The Morgan fingerprint density at radius 2 is 1.36 bits per heavy atom. The molecule has 0 bridgehead atoms. The molecule has 28 heavy (non-hydrogen) atoms. The lowest BCUT2D eigenvalue weighted by molar-refractivity contribution is 0.0692. The second kappa shape index (κ2) is 6.92. The van der Waals surface area contributed by atoms with E-state index in [1.54, 1.807) is 30.3 Å². The number of carbonyl (C=O) groups is 4. The summed E-state index contributed by atoms with van der Waals surface area (Å²) in [4.78, 5) is 49.6. The third-order valence-corrected chi connectivity index (χ3v) is 4.25. The largest absolute Gasteiger partial charge is 0.347 e. The number of amides is 4. The molecule has 1 heterocycles. The van der Waals surface area contributed by atoms with Gasteiger partial charge in [-0.15, -0.1) is 0 Å². The predicted molar refractivity (Wildman–Crippen MR) is 104 cm³/mol. The first kappa shape index (κ1) is 19.3. The quantitative estimate of drug-likeness (QED) is 0.802. The molecule has 0 spiro atoms. The highest BCUT2D eigenvalue weighted by Crippen LogP contribution is 2.25. The van der Waals surface area contributed by atoms with E-state index in [1.807, 2.05) is 20.8 Å². The van der Waals surface area contributed by atoms with Crippen LogP contribution in [0.15, 0.2) is 42.5 Å². The van der Waals surface area contributed by atoms with E-state index in [1.165, 1.54) is 19.2 Å². The molecule has 0 unspecified atom stereocenters. The van der Waals surface area contributed by atoms with Gasteiger partial charge >= 0.3 is 0 Å². The molecular weight excluding hydrogens is 358 g/mol. The monoisotopic (exact) mass is 379 g/mol. The zero-order valence-electron chi connectivity index (χ0n) is 16.1. The fourth-order valence-electron chi connectivity index (χ4n) is 2.83. The average molecular weight is 379 g/mol. The van der Waals surface area contributed by atoms with Gasteiger partial charge in [-0.25, -0.2) is 0 Å². The van der Waals surface area contributed by atoms with Crippen LogP contribution in [0, 0.1) is 0 Å². The molecule has 0 fully saturated rings. The molecule has 0 aromatic heterocycles. The standard InChI is InChI=1S/C21H21N3O4/c1-21(2,3)23-18(26)13-7-5-12(6-8-13)17(25)22-14-9-10-15-16(11-14)20(28)24(4)19(15)27/h5-11H,1-4H3,(H,22,25)(H,23,26). The second-order valence-corrected chi connectivity index (χ2v) is 7.67. The summed E-state index contributed by atoms with van der Waals surface area (Å²) in [7, 11) is 1.42. The highest BCUT2D eigenvalue weighted by molar-refractivity contribution is 6.21. The van der Waals surface area contributed by atoms with Crippen LogP contribution in [0.1, 0.15) is 62.2 Å².